The molecule has 0 aliphatic carbocycles. The SMILES string of the molecule is Cc1c(COC(=O)C(C(=O)OC(C)(C)C)C(C)CN)cccc1[C@H](C)c1cn(C(=O)C(NC(=O)OC(C)(C)C)C(C)C)cn1. The first kappa shape index (κ1) is 36.5. The van der Waals surface area contributed by atoms with Crippen LogP contribution in [-0.4, -0.2) is 57.3 Å². The number of rotatable bonds is 11. The zero-order chi connectivity index (χ0) is 33.6. The second-order valence-electron chi connectivity index (χ2n) is 13.6. The third kappa shape index (κ3) is 10.2. The van der Waals surface area contributed by atoms with E-state index in [2.05, 4.69) is 10.3 Å². The van der Waals surface area contributed by atoms with Crippen molar-refractivity contribution in [1.29, 1.82) is 0 Å². The number of carbonyl (C=O) groups is 4. The first-order valence-corrected chi connectivity index (χ1v) is 15.0. The molecule has 44 heavy (non-hydrogen) atoms. The second-order valence-corrected chi connectivity index (χ2v) is 13.6. The van der Waals surface area contributed by atoms with Gasteiger partial charge in [-0.25, -0.2) is 9.78 Å². The van der Waals surface area contributed by atoms with Crippen LogP contribution >= 0.6 is 0 Å². The number of aromatic nitrogens is 2. The number of nitrogens with zero attached hydrogens (tertiary/aromatic N) is 2. The van der Waals surface area contributed by atoms with Crippen LogP contribution in [-0.2, 0) is 30.4 Å². The van der Waals surface area contributed by atoms with Crippen molar-refractivity contribution in [3.05, 3.63) is 53.1 Å². The Morgan fingerprint density at radius 3 is 2.11 bits per heavy atom. The summed E-state index contributed by atoms with van der Waals surface area (Å²) in [5, 5.41) is 2.68. The van der Waals surface area contributed by atoms with Crippen molar-refractivity contribution in [1.82, 2.24) is 14.9 Å². The number of benzene rings is 1. The number of alkyl carbamates (subject to hydrolysis) is 1. The summed E-state index contributed by atoms with van der Waals surface area (Å²) in [4.78, 5) is 56.0. The molecule has 244 valence electrons. The van der Waals surface area contributed by atoms with Crippen molar-refractivity contribution in [2.45, 2.75) is 106 Å². The highest BCUT2D eigenvalue weighted by molar-refractivity contribution is 5.95. The summed E-state index contributed by atoms with van der Waals surface area (Å²) in [5.74, 6) is -3.68. The van der Waals surface area contributed by atoms with Gasteiger partial charge in [0.25, 0.3) is 5.91 Å². The van der Waals surface area contributed by atoms with Crippen LogP contribution in [0.1, 0.15) is 102 Å². The average Bonchev–Trinajstić information content (AvgIpc) is 3.38. The second kappa shape index (κ2) is 14.8. The summed E-state index contributed by atoms with van der Waals surface area (Å²) < 4.78 is 17.8. The Hall–Kier alpha value is -3.73. The van der Waals surface area contributed by atoms with E-state index in [-0.39, 0.29) is 30.9 Å². The summed E-state index contributed by atoms with van der Waals surface area (Å²) in [7, 11) is 0. The van der Waals surface area contributed by atoms with Crippen LogP contribution < -0.4 is 11.1 Å². The summed E-state index contributed by atoms with van der Waals surface area (Å²) in [6, 6.07) is 4.85. The number of nitrogens with two attached hydrogens (primary N) is 1. The van der Waals surface area contributed by atoms with Gasteiger partial charge in [-0.2, -0.15) is 0 Å². The van der Waals surface area contributed by atoms with Gasteiger partial charge in [0.15, 0.2) is 5.92 Å². The lowest BCUT2D eigenvalue weighted by atomic mass is 9.91. The lowest BCUT2D eigenvalue weighted by Crippen LogP contribution is -2.48. The van der Waals surface area contributed by atoms with Crippen LogP contribution in [0.5, 0.6) is 0 Å². The number of imidazole rings is 1. The Bertz CT molecular complexity index is 1320. The lowest BCUT2D eigenvalue weighted by molar-refractivity contribution is -0.172. The number of nitrogens with one attached hydrogen (secondary N) is 1. The van der Waals surface area contributed by atoms with E-state index in [0.717, 1.165) is 16.7 Å². The van der Waals surface area contributed by atoms with Gasteiger partial charge in [-0.15, -0.1) is 0 Å². The van der Waals surface area contributed by atoms with Crippen LogP contribution in [0.4, 0.5) is 4.79 Å². The summed E-state index contributed by atoms with van der Waals surface area (Å²) in [5.41, 5.74) is 7.57. The van der Waals surface area contributed by atoms with E-state index >= 15 is 0 Å². The summed E-state index contributed by atoms with van der Waals surface area (Å²) >= 11 is 0. The predicted octanol–water partition coefficient (Wildman–Crippen LogP) is 5.13. The molecule has 3 N–H and O–H groups in total. The molecule has 11 nitrogen and oxygen atoms in total. The highest BCUT2D eigenvalue weighted by Crippen LogP contribution is 2.28. The average molecular weight is 615 g/mol. The molecule has 1 heterocycles. The molecule has 0 fully saturated rings. The minimum absolute atomic E-state index is 0.0405. The van der Waals surface area contributed by atoms with Crippen LogP contribution in [0.15, 0.2) is 30.7 Å². The predicted molar refractivity (Wildman–Crippen MR) is 167 cm³/mol. The highest BCUT2D eigenvalue weighted by atomic mass is 16.6. The van der Waals surface area contributed by atoms with Crippen LogP contribution in [0.25, 0.3) is 0 Å². The number of carbonyl (C=O) groups excluding carboxylic acids is 4. The smallest absolute Gasteiger partial charge is 0.408 e. The molecular formula is C33H50N4O7. The molecule has 0 aliphatic heterocycles. The number of hydrogen-bond donors (Lipinski definition) is 2. The Morgan fingerprint density at radius 2 is 1.57 bits per heavy atom. The normalized spacial score (nSPS) is 14.8. The number of esters is 2. The Kier molecular flexibility index (Phi) is 12.3. The first-order valence-electron chi connectivity index (χ1n) is 15.0. The topological polar surface area (TPSA) is 152 Å². The van der Waals surface area contributed by atoms with E-state index in [0.29, 0.717) is 5.69 Å². The van der Waals surface area contributed by atoms with E-state index in [1.807, 2.05) is 45.9 Å². The van der Waals surface area contributed by atoms with Crippen molar-refractivity contribution in [2.75, 3.05) is 6.54 Å². The Balaban J connectivity index is 2.21. The molecule has 1 aromatic heterocycles. The van der Waals surface area contributed by atoms with Crippen molar-refractivity contribution >= 4 is 23.9 Å². The maximum atomic E-state index is 13.3. The molecule has 1 amide bonds. The zero-order valence-corrected chi connectivity index (χ0v) is 28.0. The molecule has 2 rings (SSSR count). The molecule has 0 bridgehead atoms. The van der Waals surface area contributed by atoms with E-state index < -0.39 is 47.1 Å². The minimum atomic E-state index is -1.14. The van der Waals surface area contributed by atoms with E-state index in [1.54, 1.807) is 54.7 Å². The fourth-order valence-corrected chi connectivity index (χ4v) is 4.58. The van der Waals surface area contributed by atoms with Crippen molar-refractivity contribution in [3.63, 3.8) is 0 Å². The zero-order valence-electron chi connectivity index (χ0n) is 28.0. The molecule has 0 spiro atoms. The van der Waals surface area contributed by atoms with Gasteiger partial charge in [-0.3, -0.25) is 19.0 Å². The molecule has 3 unspecified atom stereocenters. The molecule has 0 aliphatic rings. The third-order valence-corrected chi connectivity index (χ3v) is 7.09. The van der Waals surface area contributed by atoms with Gasteiger partial charge in [0.1, 0.15) is 30.2 Å². The lowest BCUT2D eigenvalue weighted by Gasteiger charge is -2.26. The molecule has 0 saturated heterocycles. The largest absolute Gasteiger partial charge is 0.460 e. The quantitative estimate of drug-likeness (QED) is 0.199. The maximum absolute atomic E-state index is 13.3. The molecule has 1 aromatic carbocycles. The number of ether oxygens (including phenoxy) is 3. The van der Waals surface area contributed by atoms with Gasteiger partial charge in [0.2, 0.25) is 0 Å². The molecule has 11 heteroatoms. The molecule has 2 aromatic rings. The molecule has 0 saturated carbocycles. The molecular weight excluding hydrogens is 564 g/mol. The summed E-state index contributed by atoms with van der Waals surface area (Å²) in [6.45, 7) is 19.8. The van der Waals surface area contributed by atoms with E-state index in [9.17, 15) is 19.2 Å². The standard InChI is InChI=1S/C33H50N4O7/c1-19(2)27(36-31(41)44-33(9,10)11)28(38)37-16-25(35-18-37)22(5)24-14-12-13-23(21(24)4)17-42-29(39)26(20(3)15-34)30(40)43-32(6,7)8/h12-14,16,18-20,22,26-27H,15,17,34H2,1-11H3,(H,36,41)/t20?,22-,26?,27?/m0/s1. The van der Waals surface area contributed by atoms with Gasteiger partial charge in [-0.05, 0) is 83.5 Å². The summed E-state index contributed by atoms with van der Waals surface area (Å²) in [6.07, 6.45) is 2.43. The Morgan fingerprint density at radius 1 is 0.955 bits per heavy atom. The first-order chi connectivity index (χ1) is 20.3. The van der Waals surface area contributed by atoms with Crippen molar-refractivity contribution in [3.8, 4) is 0 Å². The molecule has 0 radical (unpaired) electrons. The number of amides is 1. The fraction of sp³-hybridized carbons (Fsp3) is 0.606. The maximum Gasteiger partial charge on any atom is 0.408 e. The minimum Gasteiger partial charge on any atom is -0.460 e. The van der Waals surface area contributed by atoms with Crippen molar-refractivity contribution < 1.29 is 33.4 Å². The monoisotopic (exact) mass is 614 g/mol. The van der Waals surface area contributed by atoms with Crippen LogP contribution in [0.3, 0.4) is 0 Å². The van der Waals surface area contributed by atoms with Gasteiger partial charge >= 0.3 is 18.0 Å². The van der Waals surface area contributed by atoms with Crippen LogP contribution in [0, 0.1) is 24.7 Å². The van der Waals surface area contributed by atoms with Gasteiger partial charge in [0.05, 0.1) is 5.69 Å². The van der Waals surface area contributed by atoms with Crippen LogP contribution in [0.2, 0.25) is 0 Å². The van der Waals surface area contributed by atoms with E-state index in [4.69, 9.17) is 19.9 Å². The fourth-order valence-electron chi connectivity index (χ4n) is 4.58. The van der Waals surface area contributed by atoms with Gasteiger partial charge in [0, 0.05) is 12.1 Å². The Labute approximate surface area is 261 Å². The van der Waals surface area contributed by atoms with E-state index in [1.165, 1.54) is 10.9 Å². The third-order valence-electron chi connectivity index (χ3n) is 7.09. The van der Waals surface area contributed by atoms with Gasteiger partial charge in [-0.1, -0.05) is 45.9 Å². The molecule has 4 atom stereocenters. The number of hydrogen-bond acceptors (Lipinski definition) is 9. The van der Waals surface area contributed by atoms with Gasteiger partial charge < -0.3 is 25.3 Å². The highest BCUT2D eigenvalue weighted by Gasteiger charge is 2.37. The van der Waals surface area contributed by atoms with Crippen molar-refractivity contribution in [2.24, 2.45) is 23.5 Å².